The number of phenolic OH excluding ortho intramolecular Hbond substituents is 1. The van der Waals surface area contributed by atoms with E-state index in [1.54, 1.807) is 18.2 Å². The van der Waals surface area contributed by atoms with Crippen molar-refractivity contribution in [3.8, 4) is 17.2 Å². The molecule has 0 saturated carbocycles. The maximum Gasteiger partial charge on any atom is 0.330 e. The summed E-state index contributed by atoms with van der Waals surface area (Å²) in [5.74, 6) is -0.393. The zero-order chi connectivity index (χ0) is 15.1. The van der Waals surface area contributed by atoms with E-state index in [1.165, 1.54) is 14.2 Å². The first kappa shape index (κ1) is 15.6. The monoisotopic (exact) mass is 278 g/mol. The lowest BCUT2D eigenvalue weighted by molar-refractivity contribution is -0.132. The van der Waals surface area contributed by atoms with Gasteiger partial charge in [-0.2, -0.15) is 0 Å². The van der Waals surface area contributed by atoms with Gasteiger partial charge in [-0.3, -0.25) is 0 Å². The lowest BCUT2D eigenvalue weighted by atomic mass is 10.1. The summed E-state index contributed by atoms with van der Waals surface area (Å²) >= 11 is 0. The molecule has 2 N–H and O–H groups in total. The first-order valence-electron chi connectivity index (χ1n) is 6.02. The van der Waals surface area contributed by atoms with Crippen LogP contribution in [0.25, 0.3) is 6.08 Å². The summed E-state index contributed by atoms with van der Waals surface area (Å²) in [7, 11) is 2.91. The Kier molecular flexibility index (Phi) is 5.65. The highest BCUT2D eigenvalue weighted by Crippen LogP contribution is 2.37. The summed E-state index contributed by atoms with van der Waals surface area (Å²) < 4.78 is 10.1. The van der Waals surface area contributed by atoms with Gasteiger partial charge < -0.3 is 19.7 Å². The van der Waals surface area contributed by atoms with Crippen LogP contribution in [-0.4, -0.2) is 30.4 Å². The van der Waals surface area contributed by atoms with Gasteiger partial charge in [-0.05, 0) is 30.5 Å². The van der Waals surface area contributed by atoms with Crippen LogP contribution in [0.4, 0.5) is 0 Å². The topological polar surface area (TPSA) is 76.0 Å². The van der Waals surface area contributed by atoms with Crippen molar-refractivity contribution in [3.63, 3.8) is 0 Å². The molecule has 0 radical (unpaired) electrons. The lowest BCUT2D eigenvalue weighted by Gasteiger charge is -2.09. The third-order valence-electron chi connectivity index (χ3n) is 2.73. The zero-order valence-electron chi connectivity index (χ0n) is 11.5. The molecule has 0 heterocycles. The molecule has 0 atom stereocenters. The number of hydrogen-bond acceptors (Lipinski definition) is 4. The molecule has 1 aromatic rings. The molecule has 0 spiro atoms. The van der Waals surface area contributed by atoms with Gasteiger partial charge in [0.1, 0.15) is 0 Å². The number of ether oxygens (including phenoxy) is 2. The van der Waals surface area contributed by atoms with Crippen molar-refractivity contribution < 1.29 is 24.5 Å². The fourth-order valence-corrected chi connectivity index (χ4v) is 1.59. The van der Waals surface area contributed by atoms with Crippen molar-refractivity contribution >= 4 is 12.0 Å². The predicted octanol–water partition coefficient (Wildman–Crippen LogP) is 2.84. The van der Waals surface area contributed by atoms with Crippen molar-refractivity contribution in [1.82, 2.24) is 0 Å². The van der Waals surface area contributed by atoms with Crippen LogP contribution in [0.3, 0.4) is 0 Å². The van der Waals surface area contributed by atoms with E-state index in [4.69, 9.17) is 14.6 Å². The van der Waals surface area contributed by atoms with Crippen LogP contribution < -0.4 is 9.47 Å². The van der Waals surface area contributed by atoms with Crippen LogP contribution in [0.5, 0.6) is 17.2 Å². The van der Waals surface area contributed by atoms with Gasteiger partial charge in [0.15, 0.2) is 11.5 Å². The Morgan fingerprint density at radius 3 is 2.30 bits per heavy atom. The molecule has 0 unspecified atom stereocenters. The third kappa shape index (κ3) is 4.05. The van der Waals surface area contributed by atoms with E-state index in [0.717, 1.165) is 5.56 Å². The summed E-state index contributed by atoms with van der Waals surface area (Å²) in [5, 5.41) is 18.4. The van der Waals surface area contributed by atoms with Crippen molar-refractivity contribution in [2.45, 2.75) is 12.8 Å². The summed E-state index contributed by atoms with van der Waals surface area (Å²) in [5.41, 5.74) is 0.966. The predicted molar refractivity (Wildman–Crippen MR) is 76.3 cm³/mol. The highest BCUT2D eigenvalue weighted by molar-refractivity contribution is 5.85. The Morgan fingerprint density at radius 1 is 1.30 bits per heavy atom. The number of aromatic hydroxyl groups is 1. The van der Waals surface area contributed by atoms with Crippen molar-refractivity contribution in [3.05, 3.63) is 35.9 Å². The first-order chi connectivity index (χ1) is 9.49. The van der Waals surface area contributed by atoms with E-state index in [2.05, 4.69) is 6.58 Å². The number of benzene rings is 1. The Morgan fingerprint density at radius 2 is 1.85 bits per heavy atom. The summed E-state index contributed by atoms with van der Waals surface area (Å²) in [6.45, 7) is 3.46. The first-order valence-corrected chi connectivity index (χ1v) is 6.02. The molecule has 5 nitrogen and oxygen atoms in total. The molecule has 0 aliphatic rings. The minimum atomic E-state index is -0.980. The van der Waals surface area contributed by atoms with Crippen LogP contribution in [0.1, 0.15) is 18.4 Å². The molecule has 0 aliphatic carbocycles. The summed E-state index contributed by atoms with van der Waals surface area (Å²) in [6.07, 6.45) is 4.59. The van der Waals surface area contributed by atoms with Crippen LogP contribution >= 0.6 is 0 Å². The van der Waals surface area contributed by atoms with Crippen molar-refractivity contribution in [2.24, 2.45) is 0 Å². The number of hydrogen-bond donors (Lipinski definition) is 2. The average Bonchev–Trinajstić information content (AvgIpc) is 2.44. The second kappa shape index (κ2) is 7.23. The highest BCUT2D eigenvalue weighted by atomic mass is 16.5. The van der Waals surface area contributed by atoms with E-state index < -0.39 is 5.97 Å². The smallest absolute Gasteiger partial charge is 0.330 e. The summed E-state index contributed by atoms with van der Waals surface area (Å²) in [4.78, 5) is 10.6. The Bertz CT molecular complexity index is 506. The minimum absolute atomic E-state index is 0.0496. The number of carbonyl (C=O) groups is 1. The molecule has 1 rings (SSSR count). The van der Waals surface area contributed by atoms with Gasteiger partial charge in [0, 0.05) is 5.57 Å². The Hall–Kier alpha value is -2.43. The lowest BCUT2D eigenvalue weighted by Crippen LogP contribution is -1.97. The van der Waals surface area contributed by atoms with Gasteiger partial charge in [0.05, 0.1) is 14.2 Å². The number of phenols is 1. The molecule has 0 aliphatic heterocycles. The molecule has 0 aromatic heterocycles. The quantitative estimate of drug-likeness (QED) is 0.750. The second-order valence-corrected chi connectivity index (χ2v) is 4.12. The molecular weight excluding hydrogens is 260 g/mol. The van der Waals surface area contributed by atoms with Crippen LogP contribution in [0.2, 0.25) is 0 Å². The van der Waals surface area contributed by atoms with Gasteiger partial charge in [-0.1, -0.05) is 18.7 Å². The number of rotatable bonds is 7. The average molecular weight is 278 g/mol. The highest BCUT2D eigenvalue weighted by Gasteiger charge is 2.09. The normalized spacial score (nSPS) is 10.5. The molecule has 0 fully saturated rings. The number of carboxylic acid groups (broad SMARTS) is 1. The number of allylic oxidation sites excluding steroid dienone is 1. The molecular formula is C15H18O5. The zero-order valence-corrected chi connectivity index (χ0v) is 11.5. The van der Waals surface area contributed by atoms with E-state index in [9.17, 15) is 9.90 Å². The van der Waals surface area contributed by atoms with Gasteiger partial charge in [0.25, 0.3) is 0 Å². The van der Waals surface area contributed by atoms with Gasteiger partial charge in [0.2, 0.25) is 5.75 Å². The summed E-state index contributed by atoms with van der Waals surface area (Å²) in [6, 6.07) is 3.33. The standard InChI is InChI=1S/C15H18O5/c1-10(15(17)18)6-4-5-7-11-8-12(19-2)14(16)13(9-11)20-3/h5,7-9,16H,1,4,6H2,2-3H3,(H,17,18). The Balaban J connectivity index is 2.77. The SMILES string of the molecule is C=C(CCC=Cc1cc(OC)c(O)c(OC)c1)C(=O)O. The molecule has 108 valence electrons. The fourth-order valence-electron chi connectivity index (χ4n) is 1.59. The number of methoxy groups -OCH3 is 2. The van der Waals surface area contributed by atoms with E-state index in [1.807, 2.05) is 6.08 Å². The minimum Gasteiger partial charge on any atom is -0.502 e. The molecule has 1 aromatic carbocycles. The molecule has 20 heavy (non-hydrogen) atoms. The van der Waals surface area contributed by atoms with E-state index >= 15 is 0 Å². The van der Waals surface area contributed by atoms with E-state index in [0.29, 0.717) is 24.3 Å². The second-order valence-electron chi connectivity index (χ2n) is 4.12. The van der Waals surface area contributed by atoms with Crippen molar-refractivity contribution in [2.75, 3.05) is 14.2 Å². The van der Waals surface area contributed by atoms with Crippen LogP contribution in [-0.2, 0) is 4.79 Å². The molecule has 0 amide bonds. The van der Waals surface area contributed by atoms with E-state index in [-0.39, 0.29) is 11.3 Å². The fraction of sp³-hybridized carbons (Fsp3) is 0.267. The van der Waals surface area contributed by atoms with Gasteiger partial charge >= 0.3 is 5.97 Å². The molecule has 0 bridgehead atoms. The van der Waals surface area contributed by atoms with Gasteiger partial charge in [-0.15, -0.1) is 0 Å². The maximum absolute atomic E-state index is 10.6. The number of aliphatic carboxylic acids is 1. The van der Waals surface area contributed by atoms with Crippen LogP contribution in [0.15, 0.2) is 30.4 Å². The number of carboxylic acids is 1. The molecule has 5 heteroatoms. The van der Waals surface area contributed by atoms with Crippen molar-refractivity contribution in [1.29, 1.82) is 0 Å². The Labute approximate surface area is 117 Å². The molecule has 0 saturated heterocycles. The van der Waals surface area contributed by atoms with Gasteiger partial charge in [-0.25, -0.2) is 4.79 Å². The third-order valence-corrected chi connectivity index (χ3v) is 2.73. The largest absolute Gasteiger partial charge is 0.502 e. The van der Waals surface area contributed by atoms with Crippen LogP contribution in [0, 0.1) is 0 Å². The maximum atomic E-state index is 10.6.